The summed E-state index contributed by atoms with van der Waals surface area (Å²) in [7, 11) is 0. The number of dihydropyridines is 1. The van der Waals surface area contributed by atoms with Crippen molar-refractivity contribution in [2.75, 3.05) is 6.54 Å². The lowest BCUT2D eigenvalue weighted by Gasteiger charge is -2.49. The Balaban J connectivity index is 1.79. The van der Waals surface area contributed by atoms with Gasteiger partial charge in [-0.05, 0) is 25.7 Å². The number of alkyl halides is 4. The third kappa shape index (κ3) is 2.36. The van der Waals surface area contributed by atoms with Crippen LogP contribution in [0.2, 0.25) is 0 Å². The molecule has 1 unspecified atom stereocenters. The predicted molar refractivity (Wildman–Crippen MR) is 85.7 cm³/mol. The molecule has 26 heavy (non-hydrogen) atoms. The summed E-state index contributed by atoms with van der Waals surface area (Å²) in [6, 6.07) is 0. The van der Waals surface area contributed by atoms with Gasteiger partial charge in [-0.2, -0.15) is 18.3 Å². The molecule has 0 aromatic heterocycles. The number of hydrogen-bond donors (Lipinski definition) is 1. The van der Waals surface area contributed by atoms with E-state index in [9.17, 15) is 18.0 Å². The van der Waals surface area contributed by atoms with E-state index >= 15 is 4.39 Å². The van der Waals surface area contributed by atoms with Crippen LogP contribution >= 0.6 is 0 Å². The molecule has 4 nitrogen and oxygen atoms in total. The number of nitrogens with zero attached hydrogens (tertiary/aromatic N) is 2. The average molecular weight is 371 g/mol. The summed E-state index contributed by atoms with van der Waals surface area (Å²) in [4.78, 5) is 13.0. The van der Waals surface area contributed by atoms with Crippen molar-refractivity contribution in [3.05, 3.63) is 22.7 Å². The van der Waals surface area contributed by atoms with Crippen molar-refractivity contribution in [1.82, 2.24) is 5.32 Å². The molecule has 4 rings (SSSR count). The Kier molecular flexibility index (Phi) is 3.66. The van der Waals surface area contributed by atoms with Gasteiger partial charge in [-0.1, -0.05) is 13.8 Å². The zero-order valence-electron chi connectivity index (χ0n) is 14.7. The van der Waals surface area contributed by atoms with E-state index in [1.807, 2.05) is 0 Å². The van der Waals surface area contributed by atoms with Crippen LogP contribution in [0.3, 0.4) is 0 Å². The third-order valence-corrected chi connectivity index (χ3v) is 6.40. The number of rotatable bonds is 0. The standard InChI is InChI=1S/C18H21F4N3O/c1-16(2)7-11(26)12-13(14(16)19)24-15-10(8-23-25-15)17(12)5-3-9(4-6-17)18(20,21)22/h9,14,24H,3-8H2,1-2H3. The highest BCUT2D eigenvalue weighted by Gasteiger charge is 2.57. The average Bonchev–Trinajstić information content (AvgIpc) is 3.01. The van der Waals surface area contributed by atoms with Crippen molar-refractivity contribution >= 4 is 5.78 Å². The summed E-state index contributed by atoms with van der Waals surface area (Å²) >= 11 is 0. The van der Waals surface area contributed by atoms with Crippen molar-refractivity contribution in [3.63, 3.8) is 0 Å². The summed E-state index contributed by atoms with van der Waals surface area (Å²) in [5.41, 5.74) is -0.440. The number of carbonyl (C=O) groups is 1. The second-order valence-corrected chi connectivity index (χ2v) is 8.49. The van der Waals surface area contributed by atoms with E-state index in [0.29, 0.717) is 11.4 Å². The van der Waals surface area contributed by atoms with E-state index in [2.05, 4.69) is 15.5 Å². The first-order valence-corrected chi connectivity index (χ1v) is 8.93. The molecule has 0 radical (unpaired) electrons. The fraction of sp³-hybridized carbons (Fsp3) is 0.722. The second-order valence-electron chi connectivity index (χ2n) is 8.49. The minimum absolute atomic E-state index is 0.0516. The summed E-state index contributed by atoms with van der Waals surface area (Å²) < 4.78 is 54.6. The predicted octanol–water partition coefficient (Wildman–Crippen LogP) is 4.60. The highest BCUT2D eigenvalue weighted by molar-refractivity contribution is 6.00. The summed E-state index contributed by atoms with van der Waals surface area (Å²) in [5.74, 6) is -1.12. The largest absolute Gasteiger partial charge is 0.391 e. The molecule has 0 saturated heterocycles. The van der Waals surface area contributed by atoms with E-state index in [1.54, 1.807) is 13.8 Å². The van der Waals surface area contributed by atoms with E-state index in [0.717, 1.165) is 5.57 Å². The Morgan fingerprint density at radius 1 is 1.19 bits per heavy atom. The van der Waals surface area contributed by atoms with Gasteiger partial charge in [0.1, 0.15) is 6.17 Å². The molecule has 8 heteroatoms. The number of hydrogen-bond acceptors (Lipinski definition) is 4. The van der Waals surface area contributed by atoms with Crippen LogP contribution in [-0.4, -0.2) is 24.7 Å². The monoisotopic (exact) mass is 371 g/mol. The minimum Gasteiger partial charge on any atom is -0.339 e. The van der Waals surface area contributed by atoms with E-state index < -0.39 is 29.1 Å². The molecule has 1 atom stereocenters. The lowest BCUT2D eigenvalue weighted by Crippen LogP contribution is -2.50. The number of azo groups is 1. The maximum atomic E-state index is 15.2. The fourth-order valence-corrected chi connectivity index (χ4v) is 4.97. The molecule has 1 N–H and O–H groups in total. The van der Waals surface area contributed by atoms with Crippen molar-refractivity contribution in [3.8, 4) is 0 Å². The van der Waals surface area contributed by atoms with Crippen molar-refractivity contribution in [1.29, 1.82) is 0 Å². The number of ketones is 1. The van der Waals surface area contributed by atoms with Gasteiger partial charge in [0, 0.05) is 28.4 Å². The van der Waals surface area contributed by atoms with Crippen LogP contribution < -0.4 is 5.32 Å². The zero-order valence-corrected chi connectivity index (χ0v) is 14.7. The van der Waals surface area contributed by atoms with Crippen LogP contribution in [0, 0.1) is 16.7 Å². The molecule has 4 aliphatic rings. The SMILES string of the molecule is CC1(C)CC(=O)C2=C(NC3=C(CN=N3)C23CCC(C(F)(F)F)CC3)C1F. The Labute approximate surface area is 148 Å². The first-order chi connectivity index (χ1) is 12.1. The smallest absolute Gasteiger partial charge is 0.339 e. The normalized spacial score (nSPS) is 36.3. The van der Waals surface area contributed by atoms with Gasteiger partial charge in [-0.15, -0.1) is 5.11 Å². The highest BCUT2D eigenvalue weighted by atomic mass is 19.4. The molecule has 142 valence electrons. The Hall–Kier alpha value is -1.73. The zero-order chi connectivity index (χ0) is 18.9. The number of carbonyl (C=O) groups excluding carboxylic acids is 1. The maximum absolute atomic E-state index is 15.2. The molecule has 1 saturated carbocycles. The number of Topliss-reactive ketones (excluding diaryl/α,β-unsaturated/α-hetero) is 1. The molecule has 2 aliphatic carbocycles. The Morgan fingerprint density at radius 3 is 2.46 bits per heavy atom. The van der Waals surface area contributed by atoms with Crippen LogP contribution in [-0.2, 0) is 4.79 Å². The van der Waals surface area contributed by atoms with Crippen LogP contribution in [0.4, 0.5) is 17.6 Å². The molecule has 0 aromatic carbocycles. The van der Waals surface area contributed by atoms with Crippen molar-refractivity contribution in [2.24, 2.45) is 27.0 Å². The van der Waals surface area contributed by atoms with Crippen LogP contribution in [0.5, 0.6) is 0 Å². The maximum Gasteiger partial charge on any atom is 0.391 e. The van der Waals surface area contributed by atoms with Crippen LogP contribution in [0.15, 0.2) is 32.9 Å². The second kappa shape index (κ2) is 5.39. The number of nitrogens with one attached hydrogen (secondary N) is 1. The molecular formula is C18H21F4N3O. The third-order valence-electron chi connectivity index (χ3n) is 6.40. The summed E-state index contributed by atoms with van der Waals surface area (Å²) in [6.45, 7) is 3.63. The Bertz CT molecular complexity index is 755. The first kappa shape index (κ1) is 17.7. The minimum atomic E-state index is -4.24. The number of fused-ring (bicyclic) bond motifs is 2. The fourth-order valence-electron chi connectivity index (χ4n) is 4.97. The van der Waals surface area contributed by atoms with Gasteiger partial charge in [-0.3, -0.25) is 4.79 Å². The molecule has 1 spiro atoms. The lowest BCUT2D eigenvalue weighted by atomic mass is 9.56. The molecule has 0 amide bonds. The highest BCUT2D eigenvalue weighted by Crippen LogP contribution is 2.59. The van der Waals surface area contributed by atoms with Gasteiger partial charge in [0.25, 0.3) is 0 Å². The summed E-state index contributed by atoms with van der Waals surface area (Å²) in [6.07, 6.45) is -5.35. The van der Waals surface area contributed by atoms with Crippen LogP contribution in [0.1, 0.15) is 46.0 Å². The Morgan fingerprint density at radius 2 is 1.85 bits per heavy atom. The molecule has 0 bridgehead atoms. The van der Waals surface area contributed by atoms with E-state index in [4.69, 9.17) is 0 Å². The van der Waals surface area contributed by atoms with Gasteiger partial charge < -0.3 is 5.32 Å². The van der Waals surface area contributed by atoms with E-state index in [1.165, 1.54) is 0 Å². The molecular weight excluding hydrogens is 350 g/mol. The quantitative estimate of drug-likeness (QED) is 0.633. The van der Waals surface area contributed by atoms with E-state index in [-0.39, 0.29) is 50.1 Å². The summed E-state index contributed by atoms with van der Waals surface area (Å²) in [5, 5.41) is 11.0. The molecule has 0 aromatic rings. The molecule has 2 aliphatic heterocycles. The number of allylic oxidation sites excluding steroid dienone is 2. The van der Waals surface area contributed by atoms with Crippen LogP contribution in [0.25, 0.3) is 0 Å². The van der Waals surface area contributed by atoms with Gasteiger partial charge >= 0.3 is 6.18 Å². The van der Waals surface area contributed by atoms with Gasteiger partial charge in [0.05, 0.1) is 18.2 Å². The number of halogens is 4. The van der Waals surface area contributed by atoms with Gasteiger partial charge in [0.2, 0.25) is 0 Å². The topological polar surface area (TPSA) is 53.8 Å². The van der Waals surface area contributed by atoms with Gasteiger partial charge in [-0.25, -0.2) is 4.39 Å². The first-order valence-electron chi connectivity index (χ1n) is 8.93. The van der Waals surface area contributed by atoms with Crippen molar-refractivity contribution < 1.29 is 22.4 Å². The lowest BCUT2D eigenvalue weighted by molar-refractivity contribution is -0.185. The molecule has 2 heterocycles. The molecule has 1 fully saturated rings. The van der Waals surface area contributed by atoms with Crippen molar-refractivity contribution in [2.45, 2.75) is 58.3 Å². The van der Waals surface area contributed by atoms with Gasteiger partial charge in [0.15, 0.2) is 11.6 Å².